The van der Waals surface area contributed by atoms with E-state index in [1.54, 1.807) is 6.92 Å². The molecule has 0 aromatic carbocycles. The summed E-state index contributed by atoms with van der Waals surface area (Å²) in [5.41, 5.74) is -1.47. The van der Waals surface area contributed by atoms with E-state index >= 15 is 0 Å². The highest BCUT2D eigenvalue weighted by atomic mass is 16.6. The van der Waals surface area contributed by atoms with Crippen LogP contribution >= 0.6 is 0 Å². The lowest BCUT2D eigenvalue weighted by Crippen LogP contribution is -2.69. The summed E-state index contributed by atoms with van der Waals surface area (Å²) >= 11 is 0. The second-order valence-corrected chi connectivity index (χ2v) is 18.5. The van der Waals surface area contributed by atoms with Gasteiger partial charge in [0.25, 0.3) is 0 Å². The number of carboxylic acids is 1. The number of carbonyl (C=O) groups excluding carboxylic acids is 2. The number of ketones is 1. The molecule has 1 N–H and O–H groups in total. The maximum atomic E-state index is 14.9. The zero-order valence-corrected chi connectivity index (χ0v) is 30.7. The Hall–Kier alpha value is -2.68. The van der Waals surface area contributed by atoms with E-state index < -0.39 is 28.0 Å². The molecule has 2 heterocycles. The molecule has 10 atom stereocenters. The van der Waals surface area contributed by atoms with Crippen molar-refractivity contribution < 1.29 is 33.1 Å². The molecule has 0 radical (unpaired) electrons. The molecule has 7 rings (SSSR count). The topological polar surface area (TPSA) is 127 Å². The van der Waals surface area contributed by atoms with Gasteiger partial charge in [-0.15, -0.1) is 0 Å². The predicted molar refractivity (Wildman–Crippen MR) is 182 cm³/mol. The quantitative estimate of drug-likeness (QED) is 0.315. The average molecular weight is 680 g/mol. The van der Waals surface area contributed by atoms with Gasteiger partial charge in [0, 0.05) is 12.0 Å². The molecule has 1 aromatic heterocycles. The summed E-state index contributed by atoms with van der Waals surface area (Å²) in [4.78, 5) is 56.3. The van der Waals surface area contributed by atoms with E-state index in [0.717, 1.165) is 70.9 Å². The molecule has 6 aliphatic rings. The number of aryl methyl sites for hydroxylation is 1. The van der Waals surface area contributed by atoms with Crippen molar-refractivity contribution in [3.05, 3.63) is 33.8 Å². The highest BCUT2D eigenvalue weighted by Crippen LogP contribution is 2.75. The number of carbonyl (C=O) groups is 3. The van der Waals surface area contributed by atoms with Crippen LogP contribution in [0.1, 0.15) is 130 Å². The summed E-state index contributed by atoms with van der Waals surface area (Å²) < 4.78 is 16.3. The Morgan fingerprint density at radius 2 is 1.61 bits per heavy atom. The molecule has 1 unspecified atom stereocenters. The van der Waals surface area contributed by atoms with Gasteiger partial charge in [-0.2, -0.15) is 0 Å². The molecule has 5 aliphatic carbocycles. The number of esters is 1. The van der Waals surface area contributed by atoms with Crippen LogP contribution in [0.5, 0.6) is 0 Å². The lowest BCUT2D eigenvalue weighted by molar-refractivity contribution is -0.213. The van der Waals surface area contributed by atoms with Crippen LogP contribution in [0.15, 0.2) is 25.3 Å². The second-order valence-electron chi connectivity index (χ2n) is 18.5. The first-order chi connectivity index (χ1) is 22.9. The van der Waals surface area contributed by atoms with Crippen molar-refractivity contribution in [1.82, 2.24) is 4.90 Å². The Morgan fingerprint density at radius 3 is 2.27 bits per heavy atom. The minimum absolute atomic E-state index is 0.00751. The Balaban J connectivity index is 1.27. The third-order valence-corrected chi connectivity index (χ3v) is 16.2. The number of carboxylic acid groups (broad SMARTS) is 1. The van der Waals surface area contributed by atoms with Gasteiger partial charge in [-0.25, -0.2) is 4.79 Å². The zero-order chi connectivity index (χ0) is 35.4. The third-order valence-electron chi connectivity index (χ3n) is 16.2. The minimum Gasteiger partial charge on any atom is -0.481 e. The van der Waals surface area contributed by atoms with Crippen molar-refractivity contribution >= 4 is 17.7 Å². The van der Waals surface area contributed by atoms with Gasteiger partial charge in [-0.3, -0.25) is 19.3 Å². The number of nitrogens with zero attached hydrogens (tertiary/aromatic N) is 1. The average Bonchev–Trinajstić information content (AvgIpc) is 3.38. The van der Waals surface area contributed by atoms with Crippen LogP contribution in [-0.4, -0.2) is 46.9 Å². The van der Waals surface area contributed by atoms with Crippen molar-refractivity contribution in [1.29, 1.82) is 0 Å². The Kier molecular flexibility index (Phi) is 8.09. The van der Waals surface area contributed by atoms with Crippen LogP contribution in [0.2, 0.25) is 0 Å². The van der Waals surface area contributed by atoms with Crippen molar-refractivity contribution in [2.24, 2.45) is 50.2 Å². The van der Waals surface area contributed by atoms with Gasteiger partial charge in [0.15, 0.2) is 23.9 Å². The van der Waals surface area contributed by atoms with E-state index in [1.807, 2.05) is 13.0 Å². The largest absolute Gasteiger partial charge is 0.519 e. The summed E-state index contributed by atoms with van der Waals surface area (Å²) in [7, 11) is 0. The van der Waals surface area contributed by atoms with Crippen LogP contribution in [0.25, 0.3) is 0 Å². The van der Waals surface area contributed by atoms with E-state index in [-0.39, 0.29) is 64.2 Å². The minimum atomic E-state index is -0.868. The number of likely N-dealkylation sites (tertiary alicyclic amines) is 1. The van der Waals surface area contributed by atoms with E-state index in [0.29, 0.717) is 18.6 Å². The number of aliphatic carboxylic acids is 1. The van der Waals surface area contributed by atoms with Crippen LogP contribution in [0.3, 0.4) is 0 Å². The fourth-order valence-electron chi connectivity index (χ4n) is 12.9. The first-order valence-electron chi connectivity index (χ1n) is 18.9. The second kappa shape index (κ2) is 11.4. The molecular weight excluding hydrogens is 622 g/mol. The molecule has 9 nitrogen and oxygen atoms in total. The highest BCUT2D eigenvalue weighted by Gasteiger charge is 2.72. The number of ether oxygens (including phenoxy) is 1. The van der Waals surface area contributed by atoms with Gasteiger partial charge in [0.1, 0.15) is 0 Å². The maximum Gasteiger partial charge on any atom is 0.519 e. The normalized spacial score (nSPS) is 45.3. The summed E-state index contributed by atoms with van der Waals surface area (Å²) in [6.45, 7) is 16.7. The van der Waals surface area contributed by atoms with E-state index in [2.05, 4.69) is 39.5 Å². The standard InChI is InChI=1S/C40H57NO8/c1-24-28(49-34(46)48-24)23-47-33(45)40(7)29-11-14-39(6)31(37(29,4)13-12-30(40)41-19-9-8-10-20-41)27(42)21-25-26-22-36(3,32(43)44)16-15-35(26,2)17-18-38(25,39)5/h21,26,29-31H,8-20,22-23H2,1-7H3,(H,43,44)/t26-,29?,30-,31+,35+,36-,37-,38+,39+,40-/m0/s1. The number of fused-ring (bicyclic) bond motifs is 7. The van der Waals surface area contributed by atoms with Gasteiger partial charge >= 0.3 is 17.8 Å². The molecule has 1 saturated heterocycles. The van der Waals surface area contributed by atoms with Gasteiger partial charge in [-0.1, -0.05) is 39.7 Å². The van der Waals surface area contributed by atoms with Crippen LogP contribution in [-0.2, 0) is 25.7 Å². The molecular formula is C40H57NO8. The lowest BCUT2D eigenvalue weighted by Gasteiger charge is -2.70. The molecule has 5 fully saturated rings. The van der Waals surface area contributed by atoms with Crippen LogP contribution in [0.4, 0.5) is 0 Å². The molecule has 1 aromatic rings. The Bertz CT molecular complexity index is 1630. The number of allylic oxidation sites excluding steroid dienone is 2. The monoisotopic (exact) mass is 679 g/mol. The summed E-state index contributed by atoms with van der Waals surface area (Å²) in [6, 6.07) is -0.00751. The van der Waals surface area contributed by atoms with Crippen molar-refractivity contribution in [3.8, 4) is 0 Å². The predicted octanol–water partition coefficient (Wildman–Crippen LogP) is 7.48. The summed E-state index contributed by atoms with van der Waals surface area (Å²) in [5, 5.41) is 10.3. The maximum absolute atomic E-state index is 14.9. The molecule has 1 aliphatic heterocycles. The lowest BCUT2D eigenvalue weighted by atomic mass is 9.33. The van der Waals surface area contributed by atoms with Gasteiger partial charge < -0.3 is 18.7 Å². The first kappa shape index (κ1) is 34.8. The van der Waals surface area contributed by atoms with Gasteiger partial charge in [0.2, 0.25) is 0 Å². The van der Waals surface area contributed by atoms with E-state index in [4.69, 9.17) is 13.6 Å². The fourth-order valence-corrected chi connectivity index (χ4v) is 12.9. The van der Waals surface area contributed by atoms with E-state index in [9.17, 15) is 24.3 Å². The first-order valence-corrected chi connectivity index (χ1v) is 18.9. The fraction of sp³-hybridized carbons (Fsp3) is 0.800. The van der Waals surface area contributed by atoms with E-state index in [1.165, 1.54) is 12.0 Å². The third kappa shape index (κ3) is 4.86. The number of rotatable bonds is 5. The molecule has 49 heavy (non-hydrogen) atoms. The van der Waals surface area contributed by atoms with Gasteiger partial charge in [-0.05, 0) is 144 Å². The smallest absolute Gasteiger partial charge is 0.481 e. The summed E-state index contributed by atoms with van der Waals surface area (Å²) in [6.07, 6.45) is 12.8. The molecule has 270 valence electrons. The number of hydrogen-bond acceptors (Lipinski definition) is 8. The molecule has 4 saturated carbocycles. The molecule has 0 spiro atoms. The van der Waals surface area contributed by atoms with Crippen LogP contribution in [0, 0.1) is 57.2 Å². The number of piperidine rings is 1. The van der Waals surface area contributed by atoms with Crippen molar-refractivity contribution in [2.45, 2.75) is 138 Å². The Morgan fingerprint density at radius 1 is 0.918 bits per heavy atom. The highest BCUT2D eigenvalue weighted by molar-refractivity contribution is 5.96. The summed E-state index contributed by atoms with van der Waals surface area (Å²) in [5.74, 6) is -1.40. The van der Waals surface area contributed by atoms with Crippen molar-refractivity contribution in [2.75, 3.05) is 13.1 Å². The Labute approximate surface area is 290 Å². The zero-order valence-electron chi connectivity index (χ0n) is 30.7. The van der Waals surface area contributed by atoms with Crippen LogP contribution < -0.4 is 5.82 Å². The van der Waals surface area contributed by atoms with Crippen molar-refractivity contribution in [3.63, 3.8) is 0 Å². The number of hydrogen-bond donors (Lipinski definition) is 1. The molecule has 9 heteroatoms. The van der Waals surface area contributed by atoms with Gasteiger partial charge in [0.05, 0.1) is 10.8 Å². The molecule has 0 bridgehead atoms. The SMILES string of the molecule is Cc1oc(=O)oc1COC(=O)[C@@]1(C)C2CC[C@]3(C)[C@H](C(=O)C=C4[C@@H]5C[C@@](C)(C(=O)O)CC[C@]5(C)CC[C@]43C)[C@@]2(C)CC[C@@H]1N1CCCCC1. The molecule has 0 amide bonds.